The maximum atomic E-state index is 14.3. The Morgan fingerprint density at radius 3 is 2.88 bits per heavy atom. The third-order valence-corrected chi connectivity index (χ3v) is 4.21. The Kier molecular flexibility index (Phi) is 3.34. The quantitative estimate of drug-likeness (QED) is 0.679. The molecule has 0 saturated heterocycles. The summed E-state index contributed by atoms with van der Waals surface area (Å²) >= 11 is 0. The highest BCUT2D eigenvalue weighted by Gasteiger charge is 2.24. The number of ketones is 1. The molecule has 6 nitrogen and oxygen atoms in total. The van der Waals surface area contributed by atoms with E-state index < -0.39 is 5.82 Å². The van der Waals surface area contributed by atoms with Crippen LogP contribution in [0.5, 0.6) is 0 Å². The largest absolute Gasteiger partial charge is 0.289 e. The first-order valence-corrected chi connectivity index (χ1v) is 7.54. The summed E-state index contributed by atoms with van der Waals surface area (Å²) in [5.41, 5.74) is 3.22. The Morgan fingerprint density at radius 2 is 2.12 bits per heavy atom. The van der Waals surface area contributed by atoms with Gasteiger partial charge in [0.05, 0.1) is 11.8 Å². The number of benzene rings is 1. The first-order valence-electron chi connectivity index (χ1n) is 7.54. The van der Waals surface area contributed by atoms with E-state index in [1.54, 1.807) is 29.1 Å². The zero-order chi connectivity index (χ0) is 16.7. The standard InChI is InChI=1S/C17H14FN5O/c1-22-15-5-3-12(17(24)13(15)8-20-22)6-11-2-4-16(14(18)7-11)23-10-19-9-21-23/h2,4,6-10H,3,5H2,1H3. The Hall–Kier alpha value is -3.09. The van der Waals surface area contributed by atoms with Gasteiger partial charge in [-0.15, -0.1) is 0 Å². The number of aryl methyl sites for hydroxylation is 1. The molecule has 4 rings (SSSR count). The summed E-state index contributed by atoms with van der Waals surface area (Å²) in [7, 11) is 1.83. The third kappa shape index (κ3) is 2.34. The number of rotatable bonds is 2. The van der Waals surface area contributed by atoms with Crippen LogP contribution in [-0.2, 0) is 13.5 Å². The van der Waals surface area contributed by atoms with Gasteiger partial charge in [0.2, 0.25) is 0 Å². The van der Waals surface area contributed by atoms with Crippen LogP contribution in [0.1, 0.15) is 28.0 Å². The van der Waals surface area contributed by atoms with E-state index in [-0.39, 0.29) is 5.78 Å². The zero-order valence-corrected chi connectivity index (χ0v) is 13.0. The molecule has 2 heterocycles. The van der Waals surface area contributed by atoms with Crippen molar-refractivity contribution < 1.29 is 9.18 Å². The molecule has 1 aliphatic rings. The molecule has 0 fully saturated rings. The van der Waals surface area contributed by atoms with Crippen molar-refractivity contribution in [3.63, 3.8) is 0 Å². The Bertz CT molecular complexity index is 956. The molecule has 0 N–H and O–H groups in total. The molecule has 0 radical (unpaired) electrons. The highest BCUT2D eigenvalue weighted by Crippen LogP contribution is 2.26. The second-order valence-electron chi connectivity index (χ2n) is 5.68. The van der Waals surface area contributed by atoms with Gasteiger partial charge >= 0.3 is 0 Å². The van der Waals surface area contributed by atoms with E-state index in [2.05, 4.69) is 15.2 Å². The van der Waals surface area contributed by atoms with Gasteiger partial charge < -0.3 is 0 Å². The van der Waals surface area contributed by atoms with Gasteiger partial charge in [-0.25, -0.2) is 14.1 Å². The SMILES string of the molecule is Cn1ncc2c1CCC(=Cc1ccc(-n3cncn3)c(F)c1)C2=O. The molecule has 0 aliphatic heterocycles. The lowest BCUT2D eigenvalue weighted by atomic mass is 9.90. The van der Waals surface area contributed by atoms with E-state index in [0.717, 1.165) is 12.1 Å². The summed E-state index contributed by atoms with van der Waals surface area (Å²) in [6, 6.07) is 4.79. The molecule has 0 spiro atoms. The average molecular weight is 323 g/mol. The van der Waals surface area contributed by atoms with Crippen LogP contribution in [0.4, 0.5) is 4.39 Å². The lowest BCUT2D eigenvalue weighted by molar-refractivity contribution is 0.102. The monoisotopic (exact) mass is 323 g/mol. The van der Waals surface area contributed by atoms with Crippen LogP contribution < -0.4 is 0 Å². The molecule has 0 saturated carbocycles. The lowest BCUT2D eigenvalue weighted by Crippen LogP contribution is -2.15. The van der Waals surface area contributed by atoms with Crippen molar-refractivity contribution in [1.82, 2.24) is 24.5 Å². The molecule has 2 aromatic heterocycles. The van der Waals surface area contributed by atoms with E-state index >= 15 is 0 Å². The molecule has 0 amide bonds. The molecule has 7 heteroatoms. The van der Waals surface area contributed by atoms with E-state index in [9.17, 15) is 9.18 Å². The number of halogens is 1. The maximum Gasteiger partial charge on any atom is 0.192 e. The topological polar surface area (TPSA) is 65.6 Å². The van der Waals surface area contributed by atoms with Crippen LogP contribution in [0.15, 0.2) is 42.6 Å². The normalized spacial score (nSPS) is 15.8. The van der Waals surface area contributed by atoms with E-state index in [0.29, 0.717) is 28.8 Å². The minimum Gasteiger partial charge on any atom is -0.289 e. The van der Waals surface area contributed by atoms with Gasteiger partial charge in [-0.1, -0.05) is 6.07 Å². The molecule has 120 valence electrons. The number of carbonyl (C=O) groups excluding carboxylic acids is 1. The zero-order valence-electron chi connectivity index (χ0n) is 13.0. The summed E-state index contributed by atoms with van der Waals surface area (Å²) in [5.74, 6) is -0.453. The predicted octanol–water partition coefficient (Wildman–Crippen LogP) is 2.35. The number of aromatic nitrogens is 5. The highest BCUT2D eigenvalue weighted by atomic mass is 19.1. The molecule has 0 atom stereocenters. The number of hydrogen-bond acceptors (Lipinski definition) is 4. The van der Waals surface area contributed by atoms with Crippen molar-refractivity contribution >= 4 is 11.9 Å². The van der Waals surface area contributed by atoms with Crippen LogP contribution >= 0.6 is 0 Å². The molecular formula is C17H14FN5O. The number of allylic oxidation sites excluding steroid dienone is 1. The first kappa shape index (κ1) is 14.5. The summed E-state index contributed by atoms with van der Waals surface area (Å²) in [5, 5.41) is 8.06. The van der Waals surface area contributed by atoms with Gasteiger partial charge in [0.25, 0.3) is 0 Å². The minimum atomic E-state index is -0.417. The summed E-state index contributed by atoms with van der Waals surface area (Å²) < 4.78 is 17.4. The number of hydrogen-bond donors (Lipinski definition) is 0. The lowest BCUT2D eigenvalue weighted by Gasteiger charge is -2.14. The maximum absolute atomic E-state index is 14.3. The third-order valence-electron chi connectivity index (χ3n) is 4.21. The molecule has 0 bridgehead atoms. The van der Waals surface area contributed by atoms with Crippen molar-refractivity contribution in [1.29, 1.82) is 0 Å². The van der Waals surface area contributed by atoms with Crippen LogP contribution in [0.3, 0.4) is 0 Å². The number of carbonyl (C=O) groups is 1. The smallest absolute Gasteiger partial charge is 0.192 e. The van der Waals surface area contributed by atoms with E-state index in [1.165, 1.54) is 23.4 Å². The molecule has 1 aromatic carbocycles. The highest BCUT2D eigenvalue weighted by molar-refractivity contribution is 6.12. The number of nitrogens with zero attached hydrogens (tertiary/aromatic N) is 5. The van der Waals surface area contributed by atoms with Gasteiger partial charge in [0, 0.05) is 18.3 Å². The van der Waals surface area contributed by atoms with Crippen LogP contribution in [0, 0.1) is 5.82 Å². The van der Waals surface area contributed by atoms with Gasteiger partial charge in [0.1, 0.15) is 24.2 Å². The fourth-order valence-corrected chi connectivity index (χ4v) is 2.96. The summed E-state index contributed by atoms with van der Waals surface area (Å²) in [6.45, 7) is 0. The molecule has 3 aromatic rings. The van der Waals surface area contributed by atoms with Gasteiger partial charge in [0.15, 0.2) is 5.78 Å². The number of Topliss-reactive ketones (excluding diaryl/α,β-unsaturated/α-hetero) is 1. The molecular weight excluding hydrogens is 309 g/mol. The van der Waals surface area contributed by atoms with Crippen LogP contribution in [-0.4, -0.2) is 30.3 Å². The average Bonchev–Trinajstić information content (AvgIpc) is 3.21. The van der Waals surface area contributed by atoms with Gasteiger partial charge in [-0.3, -0.25) is 9.48 Å². The Labute approximate surface area is 137 Å². The van der Waals surface area contributed by atoms with Crippen molar-refractivity contribution in [2.45, 2.75) is 12.8 Å². The second kappa shape index (κ2) is 5.52. The Morgan fingerprint density at radius 1 is 1.25 bits per heavy atom. The van der Waals surface area contributed by atoms with Crippen molar-refractivity contribution in [3.8, 4) is 5.69 Å². The van der Waals surface area contributed by atoms with Crippen molar-refractivity contribution in [3.05, 3.63) is 65.3 Å². The number of fused-ring (bicyclic) bond motifs is 1. The van der Waals surface area contributed by atoms with Crippen LogP contribution in [0.2, 0.25) is 0 Å². The molecule has 0 unspecified atom stereocenters. The summed E-state index contributed by atoms with van der Waals surface area (Å²) in [4.78, 5) is 16.3. The van der Waals surface area contributed by atoms with Crippen LogP contribution in [0.25, 0.3) is 11.8 Å². The minimum absolute atomic E-state index is 0.0369. The second-order valence-corrected chi connectivity index (χ2v) is 5.68. The van der Waals surface area contributed by atoms with E-state index in [4.69, 9.17) is 0 Å². The van der Waals surface area contributed by atoms with Crippen molar-refractivity contribution in [2.75, 3.05) is 0 Å². The fourth-order valence-electron chi connectivity index (χ4n) is 2.96. The molecule has 1 aliphatic carbocycles. The summed E-state index contributed by atoms with van der Waals surface area (Å²) in [6.07, 6.45) is 7.50. The fraction of sp³-hybridized carbons (Fsp3) is 0.176. The molecule has 24 heavy (non-hydrogen) atoms. The van der Waals surface area contributed by atoms with E-state index in [1.807, 2.05) is 7.05 Å². The predicted molar refractivity (Wildman–Crippen MR) is 85.2 cm³/mol. The first-order chi connectivity index (χ1) is 11.6. The van der Waals surface area contributed by atoms with Gasteiger partial charge in [-0.2, -0.15) is 10.2 Å². The Balaban J connectivity index is 1.67. The van der Waals surface area contributed by atoms with Gasteiger partial charge in [-0.05, 0) is 36.6 Å². The van der Waals surface area contributed by atoms with Crippen molar-refractivity contribution in [2.24, 2.45) is 7.05 Å².